The first-order valence-electron chi connectivity index (χ1n) is 6.84. The molecule has 0 aliphatic heterocycles. The predicted molar refractivity (Wildman–Crippen MR) is 84.6 cm³/mol. The first-order chi connectivity index (χ1) is 9.83. The number of hydrogen-bond donors (Lipinski definition) is 2. The lowest BCUT2D eigenvalue weighted by Crippen LogP contribution is -2.55. The molecule has 0 aromatic heterocycles. The third-order valence-corrected chi connectivity index (χ3v) is 4.90. The molecule has 2 rings (SSSR count). The lowest BCUT2D eigenvalue weighted by molar-refractivity contribution is -0.145. The topological polar surface area (TPSA) is 66.4 Å². The van der Waals surface area contributed by atoms with E-state index < -0.39 is 17.4 Å². The average Bonchev–Trinajstić information content (AvgIpc) is 2.41. The van der Waals surface area contributed by atoms with E-state index in [1.807, 2.05) is 0 Å². The van der Waals surface area contributed by atoms with Crippen molar-refractivity contribution in [2.24, 2.45) is 5.92 Å². The second-order valence-corrected chi connectivity index (χ2v) is 6.96. The Bertz CT molecular complexity index is 578. The Balaban J connectivity index is 2.24. The van der Waals surface area contributed by atoms with Crippen molar-refractivity contribution in [2.75, 3.05) is 0 Å². The van der Waals surface area contributed by atoms with E-state index >= 15 is 0 Å². The van der Waals surface area contributed by atoms with Crippen LogP contribution in [-0.4, -0.2) is 22.5 Å². The molecule has 6 heteroatoms. The molecule has 2 unspecified atom stereocenters. The van der Waals surface area contributed by atoms with E-state index in [4.69, 9.17) is 11.6 Å². The minimum atomic E-state index is -0.863. The fraction of sp³-hybridized carbons (Fsp3) is 0.467. The second kappa shape index (κ2) is 6.36. The maximum atomic E-state index is 12.4. The molecule has 1 aromatic carbocycles. The number of carboxylic acids is 1. The van der Waals surface area contributed by atoms with E-state index in [1.54, 1.807) is 25.1 Å². The number of benzene rings is 1. The number of halogens is 2. The van der Waals surface area contributed by atoms with Crippen molar-refractivity contribution in [3.63, 3.8) is 0 Å². The molecule has 1 aromatic rings. The van der Waals surface area contributed by atoms with Gasteiger partial charge in [-0.25, -0.2) is 0 Å². The molecule has 0 heterocycles. The summed E-state index contributed by atoms with van der Waals surface area (Å²) < 4.78 is 0.751. The maximum Gasteiger partial charge on any atom is 0.308 e. The van der Waals surface area contributed by atoms with Gasteiger partial charge in [-0.15, -0.1) is 0 Å². The second-order valence-electron chi connectivity index (χ2n) is 5.63. The molecule has 2 atom stereocenters. The number of carbonyl (C=O) groups excluding carboxylic acids is 1. The fourth-order valence-corrected chi connectivity index (χ4v) is 3.44. The summed E-state index contributed by atoms with van der Waals surface area (Å²) in [7, 11) is 0. The van der Waals surface area contributed by atoms with Crippen LogP contribution in [0.3, 0.4) is 0 Å². The summed E-state index contributed by atoms with van der Waals surface area (Å²) in [5.41, 5.74) is -0.394. The number of carbonyl (C=O) groups is 2. The van der Waals surface area contributed by atoms with Gasteiger partial charge in [0, 0.05) is 4.47 Å². The summed E-state index contributed by atoms with van der Waals surface area (Å²) in [6, 6.07) is 5.03. The van der Waals surface area contributed by atoms with E-state index in [1.165, 1.54) is 0 Å². The van der Waals surface area contributed by atoms with Crippen molar-refractivity contribution in [1.29, 1.82) is 0 Å². The van der Waals surface area contributed by atoms with Crippen LogP contribution in [0.4, 0.5) is 0 Å². The molecule has 1 aliphatic carbocycles. The van der Waals surface area contributed by atoms with Crippen molar-refractivity contribution >= 4 is 39.4 Å². The Labute approximate surface area is 137 Å². The molecule has 0 spiro atoms. The van der Waals surface area contributed by atoms with Gasteiger partial charge in [-0.3, -0.25) is 9.59 Å². The number of hydrogen-bond acceptors (Lipinski definition) is 2. The highest BCUT2D eigenvalue weighted by Gasteiger charge is 2.42. The summed E-state index contributed by atoms with van der Waals surface area (Å²) in [5, 5.41) is 12.6. The molecule has 0 radical (unpaired) electrons. The Morgan fingerprint density at radius 3 is 2.81 bits per heavy atom. The Morgan fingerprint density at radius 1 is 1.43 bits per heavy atom. The summed E-state index contributed by atoms with van der Waals surface area (Å²) in [6.07, 6.45) is 3.02. The van der Waals surface area contributed by atoms with Crippen molar-refractivity contribution in [3.8, 4) is 0 Å². The lowest BCUT2D eigenvalue weighted by Gasteiger charge is -2.39. The van der Waals surface area contributed by atoms with Gasteiger partial charge in [0.25, 0.3) is 5.91 Å². The van der Waals surface area contributed by atoms with E-state index in [0.717, 1.165) is 17.3 Å². The normalized spacial score (nSPS) is 25.4. The van der Waals surface area contributed by atoms with Crippen LogP contribution in [0.15, 0.2) is 22.7 Å². The summed E-state index contributed by atoms with van der Waals surface area (Å²) in [6.45, 7) is 1.80. The van der Waals surface area contributed by atoms with Gasteiger partial charge in [0.05, 0.1) is 22.0 Å². The molecule has 1 fully saturated rings. The SMILES string of the molecule is CC1(NC(=O)c2cc(Br)ccc2Cl)CCCCC1C(=O)O. The third-order valence-electron chi connectivity index (χ3n) is 4.08. The van der Waals surface area contributed by atoms with Gasteiger partial charge in [0.15, 0.2) is 0 Å². The average molecular weight is 375 g/mol. The van der Waals surface area contributed by atoms with Crippen molar-refractivity contribution in [1.82, 2.24) is 5.32 Å². The number of carboxylic acid groups (broad SMARTS) is 1. The summed E-state index contributed by atoms with van der Waals surface area (Å²) in [5.74, 6) is -1.77. The maximum absolute atomic E-state index is 12.4. The minimum absolute atomic E-state index is 0.336. The highest BCUT2D eigenvalue weighted by atomic mass is 79.9. The Kier molecular flexibility index (Phi) is 4.94. The fourth-order valence-electron chi connectivity index (χ4n) is 2.88. The molecule has 4 nitrogen and oxygen atoms in total. The van der Waals surface area contributed by atoms with Crippen LogP contribution in [-0.2, 0) is 4.79 Å². The Morgan fingerprint density at radius 2 is 2.14 bits per heavy atom. The van der Waals surface area contributed by atoms with Crippen molar-refractivity contribution in [3.05, 3.63) is 33.3 Å². The molecular formula is C15H17BrClNO3. The van der Waals surface area contributed by atoms with Crippen molar-refractivity contribution < 1.29 is 14.7 Å². The summed E-state index contributed by atoms with van der Waals surface area (Å²) >= 11 is 9.36. The summed E-state index contributed by atoms with van der Waals surface area (Å²) in [4.78, 5) is 23.9. The number of aliphatic carboxylic acids is 1. The van der Waals surface area contributed by atoms with Crippen LogP contribution in [0.25, 0.3) is 0 Å². The van der Waals surface area contributed by atoms with Crippen molar-refractivity contribution in [2.45, 2.75) is 38.1 Å². The first kappa shape index (κ1) is 16.3. The number of amides is 1. The van der Waals surface area contributed by atoms with Gasteiger partial charge >= 0.3 is 5.97 Å². The smallest absolute Gasteiger partial charge is 0.308 e. The molecule has 114 valence electrons. The number of rotatable bonds is 3. The van der Waals surface area contributed by atoms with Gasteiger partial charge in [-0.2, -0.15) is 0 Å². The molecule has 2 N–H and O–H groups in total. The quantitative estimate of drug-likeness (QED) is 0.844. The van der Waals surface area contributed by atoms with E-state index in [2.05, 4.69) is 21.2 Å². The largest absolute Gasteiger partial charge is 0.481 e. The van der Waals surface area contributed by atoms with Crippen LogP contribution in [0.5, 0.6) is 0 Å². The zero-order valence-corrected chi connectivity index (χ0v) is 14.0. The Hall–Kier alpha value is -1.07. The van der Waals surface area contributed by atoms with Crippen LogP contribution >= 0.6 is 27.5 Å². The van der Waals surface area contributed by atoms with Gasteiger partial charge in [0.2, 0.25) is 0 Å². The van der Waals surface area contributed by atoms with Gasteiger partial charge in [-0.05, 0) is 38.0 Å². The van der Waals surface area contributed by atoms with Crippen LogP contribution in [0, 0.1) is 5.92 Å². The molecule has 1 aliphatic rings. The van der Waals surface area contributed by atoms with Gasteiger partial charge in [-0.1, -0.05) is 40.4 Å². The van der Waals surface area contributed by atoms with E-state index in [9.17, 15) is 14.7 Å². The minimum Gasteiger partial charge on any atom is -0.481 e. The van der Waals surface area contributed by atoms with E-state index in [-0.39, 0.29) is 5.91 Å². The monoisotopic (exact) mass is 373 g/mol. The first-order valence-corrected chi connectivity index (χ1v) is 8.01. The zero-order valence-electron chi connectivity index (χ0n) is 11.7. The zero-order chi connectivity index (χ0) is 15.6. The predicted octanol–water partition coefficient (Wildman–Crippen LogP) is 3.87. The molecule has 0 saturated heterocycles. The molecule has 0 bridgehead atoms. The highest BCUT2D eigenvalue weighted by molar-refractivity contribution is 9.10. The molecular weight excluding hydrogens is 358 g/mol. The molecule has 21 heavy (non-hydrogen) atoms. The number of nitrogens with one attached hydrogen (secondary N) is 1. The standard InChI is InChI=1S/C15H17BrClNO3/c1-15(7-3-2-4-11(15)14(20)21)18-13(19)10-8-9(16)5-6-12(10)17/h5-6,8,11H,2-4,7H2,1H3,(H,18,19)(H,20,21). The van der Waals surface area contributed by atoms with Crippen LogP contribution in [0.2, 0.25) is 5.02 Å². The highest BCUT2D eigenvalue weighted by Crippen LogP contribution is 2.34. The third kappa shape index (κ3) is 3.58. The molecule has 1 amide bonds. The molecule has 1 saturated carbocycles. The van der Waals surface area contributed by atoms with Gasteiger partial charge in [0.1, 0.15) is 0 Å². The lowest BCUT2D eigenvalue weighted by atomic mass is 9.73. The van der Waals surface area contributed by atoms with E-state index in [0.29, 0.717) is 23.4 Å². The van der Waals surface area contributed by atoms with Crippen LogP contribution in [0.1, 0.15) is 43.0 Å². The van der Waals surface area contributed by atoms with Crippen LogP contribution < -0.4 is 5.32 Å². The van der Waals surface area contributed by atoms with Gasteiger partial charge < -0.3 is 10.4 Å².